The minimum Gasteiger partial charge on any atom is -0.383 e. The number of nitrogens with zero attached hydrogens (tertiary/aromatic N) is 3. The lowest BCUT2D eigenvalue weighted by atomic mass is 10.0. The fraction of sp³-hybridized carbons (Fsp3) is 0.429. The maximum atomic E-state index is 5.94. The van der Waals surface area contributed by atoms with Crippen LogP contribution in [0.5, 0.6) is 0 Å². The van der Waals surface area contributed by atoms with Crippen molar-refractivity contribution in [3.8, 4) is 11.3 Å². The molecule has 100 valence electrons. The Bertz CT molecular complexity index is 566. The third-order valence-electron chi connectivity index (χ3n) is 3.79. The highest BCUT2D eigenvalue weighted by Crippen LogP contribution is 2.27. The summed E-state index contributed by atoms with van der Waals surface area (Å²) in [5.41, 5.74) is 7.89. The molecular weight excluding hydrogens is 240 g/mol. The number of ether oxygens (including phenoxy) is 1. The van der Waals surface area contributed by atoms with E-state index in [1.165, 1.54) is 0 Å². The number of nitrogens with two attached hydrogens (primary N) is 1. The summed E-state index contributed by atoms with van der Waals surface area (Å²) in [5.74, 6) is 1.07. The Morgan fingerprint density at radius 3 is 3.16 bits per heavy atom. The van der Waals surface area contributed by atoms with Crippen LogP contribution in [0, 0.1) is 5.92 Å². The molecule has 1 aliphatic heterocycles. The van der Waals surface area contributed by atoms with Crippen LogP contribution >= 0.6 is 0 Å². The summed E-state index contributed by atoms with van der Waals surface area (Å²) in [4.78, 5) is 8.38. The maximum absolute atomic E-state index is 5.94. The summed E-state index contributed by atoms with van der Waals surface area (Å²) in [6, 6.07) is 3.87. The monoisotopic (exact) mass is 258 g/mol. The summed E-state index contributed by atoms with van der Waals surface area (Å²) < 4.78 is 7.75. The lowest BCUT2D eigenvalue weighted by Gasteiger charge is -2.16. The third-order valence-corrected chi connectivity index (χ3v) is 3.79. The van der Waals surface area contributed by atoms with Gasteiger partial charge in [0.25, 0.3) is 0 Å². The fourth-order valence-corrected chi connectivity index (χ4v) is 2.59. The molecule has 0 bridgehead atoms. The topological polar surface area (TPSA) is 66.0 Å². The van der Waals surface area contributed by atoms with Gasteiger partial charge >= 0.3 is 0 Å². The lowest BCUT2D eigenvalue weighted by molar-refractivity contribution is 0.102. The minimum atomic E-state index is 0.307. The molecule has 0 radical (unpaired) electrons. The van der Waals surface area contributed by atoms with Crippen LogP contribution in [0.2, 0.25) is 0 Å². The number of anilines is 1. The zero-order valence-corrected chi connectivity index (χ0v) is 11.0. The molecular formula is C14H18N4O. The Balaban J connectivity index is 1.88. The normalized spacial score (nSPS) is 22.8. The molecule has 1 aliphatic rings. The average Bonchev–Trinajstić information content (AvgIpc) is 3.01. The van der Waals surface area contributed by atoms with Gasteiger partial charge < -0.3 is 15.0 Å². The molecule has 2 aromatic rings. The summed E-state index contributed by atoms with van der Waals surface area (Å²) in [7, 11) is 0. The van der Waals surface area contributed by atoms with Crippen LogP contribution in [0.15, 0.2) is 30.9 Å². The van der Waals surface area contributed by atoms with E-state index in [9.17, 15) is 0 Å². The zero-order valence-electron chi connectivity index (χ0n) is 11.0. The second kappa shape index (κ2) is 5.01. The van der Waals surface area contributed by atoms with Crippen molar-refractivity contribution >= 4 is 5.82 Å². The smallest absolute Gasteiger partial charge is 0.132 e. The number of aromatic nitrogens is 3. The molecule has 3 heterocycles. The zero-order chi connectivity index (χ0) is 13.2. The number of pyridine rings is 1. The Morgan fingerprint density at radius 2 is 2.42 bits per heavy atom. The predicted molar refractivity (Wildman–Crippen MR) is 73.4 cm³/mol. The Kier molecular flexibility index (Phi) is 3.21. The van der Waals surface area contributed by atoms with Crippen LogP contribution in [-0.4, -0.2) is 27.2 Å². The second-order valence-electron chi connectivity index (χ2n) is 4.99. The summed E-state index contributed by atoms with van der Waals surface area (Å²) >= 11 is 0. The number of nitrogen functional groups attached to an aromatic ring is 1. The first kappa shape index (κ1) is 12.2. The molecule has 2 aromatic heterocycles. The third kappa shape index (κ3) is 2.33. The molecule has 2 N–H and O–H groups in total. The molecule has 0 aliphatic carbocycles. The van der Waals surface area contributed by atoms with Crippen LogP contribution in [0.3, 0.4) is 0 Å². The van der Waals surface area contributed by atoms with Gasteiger partial charge in [-0.3, -0.25) is 0 Å². The molecule has 0 aromatic carbocycles. The van der Waals surface area contributed by atoms with E-state index in [0.717, 1.165) is 30.8 Å². The van der Waals surface area contributed by atoms with Gasteiger partial charge in [-0.1, -0.05) is 0 Å². The van der Waals surface area contributed by atoms with E-state index in [-0.39, 0.29) is 0 Å². The largest absolute Gasteiger partial charge is 0.383 e. The van der Waals surface area contributed by atoms with Gasteiger partial charge in [-0.05, 0) is 25.5 Å². The van der Waals surface area contributed by atoms with E-state index >= 15 is 0 Å². The van der Waals surface area contributed by atoms with Gasteiger partial charge in [-0.15, -0.1) is 0 Å². The van der Waals surface area contributed by atoms with E-state index < -0.39 is 0 Å². The van der Waals surface area contributed by atoms with Crippen LogP contribution in [-0.2, 0) is 11.3 Å². The van der Waals surface area contributed by atoms with Crippen molar-refractivity contribution in [3.63, 3.8) is 0 Å². The van der Waals surface area contributed by atoms with Crippen molar-refractivity contribution in [2.45, 2.75) is 26.0 Å². The van der Waals surface area contributed by atoms with Gasteiger partial charge in [-0.25, -0.2) is 9.97 Å². The fourth-order valence-electron chi connectivity index (χ4n) is 2.59. The van der Waals surface area contributed by atoms with Gasteiger partial charge in [0.2, 0.25) is 0 Å². The number of imidazole rings is 1. The van der Waals surface area contributed by atoms with Crippen molar-refractivity contribution < 1.29 is 4.74 Å². The first-order valence-corrected chi connectivity index (χ1v) is 6.58. The number of hydrogen-bond donors (Lipinski definition) is 1. The average molecular weight is 258 g/mol. The summed E-state index contributed by atoms with van der Waals surface area (Å²) in [6.45, 7) is 3.89. The van der Waals surface area contributed by atoms with Gasteiger partial charge in [0.15, 0.2) is 0 Å². The van der Waals surface area contributed by atoms with E-state index in [1.54, 1.807) is 6.20 Å². The lowest BCUT2D eigenvalue weighted by Crippen LogP contribution is -2.18. The van der Waals surface area contributed by atoms with E-state index in [0.29, 0.717) is 17.8 Å². The molecule has 2 unspecified atom stereocenters. The van der Waals surface area contributed by atoms with Crippen molar-refractivity contribution in [2.24, 2.45) is 5.92 Å². The standard InChI is InChI=1S/C14H18N4O/c1-10-11(4-6-19-10)8-18-9-16-7-13(18)12-3-2-5-17-14(12)15/h2-3,5,7,9-11H,4,6,8H2,1H3,(H2,15,17). The van der Waals surface area contributed by atoms with Crippen molar-refractivity contribution in [1.82, 2.24) is 14.5 Å². The minimum absolute atomic E-state index is 0.307. The molecule has 2 atom stereocenters. The van der Waals surface area contributed by atoms with Gasteiger partial charge in [0, 0.05) is 30.8 Å². The molecule has 5 nitrogen and oxygen atoms in total. The van der Waals surface area contributed by atoms with E-state index in [2.05, 4.69) is 21.5 Å². The van der Waals surface area contributed by atoms with Crippen LogP contribution in [0.4, 0.5) is 5.82 Å². The van der Waals surface area contributed by atoms with Crippen LogP contribution < -0.4 is 5.73 Å². The highest BCUT2D eigenvalue weighted by Gasteiger charge is 2.25. The molecule has 19 heavy (non-hydrogen) atoms. The molecule has 5 heteroatoms. The molecule has 3 rings (SSSR count). The SMILES string of the molecule is CC1OCCC1Cn1cncc1-c1cccnc1N. The van der Waals surface area contributed by atoms with Crippen molar-refractivity contribution in [1.29, 1.82) is 0 Å². The molecule has 0 amide bonds. The van der Waals surface area contributed by atoms with Crippen molar-refractivity contribution in [3.05, 3.63) is 30.9 Å². The van der Waals surface area contributed by atoms with Crippen LogP contribution in [0.1, 0.15) is 13.3 Å². The number of rotatable bonds is 3. The first-order chi connectivity index (χ1) is 9.25. The van der Waals surface area contributed by atoms with Crippen LogP contribution in [0.25, 0.3) is 11.3 Å². The Hall–Kier alpha value is -1.88. The van der Waals surface area contributed by atoms with E-state index in [1.807, 2.05) is 24.7 Å². The van der Waals surface area contributed by atoms with Gasteiger partial charge in [0.05, 0.1) is 24.3 Å². The summed E-state index contributed by atoms with van der Waals surface area (Å²) in [6.07, 6.45) is 6.80. The molecule has 0 spiro atoms. The number of hydrogen-bond acceptors (Lipinski definition) is 4. The summed E-state index contributed by atoms with van der Waals surface area (Å²) in [5, 5.41) is 0. The Labute approximate surface area is 112 Å². The molecule has 1 fully saturated rings. The Morgan fingerprint density at radius 1 is 1.53 bits per heavy atom. The second-order valence-corrected chi connectivity index (χ2v) is 4.99. The predicted octanol–water partition coefficient (Wildman–Crippen LogP) is 1.95. The van der Waals surface area contributed by atoms with Gasteiger partial charge in [0.1, 0.15) is 5.82 Å². The maximum Gasteiger partial charge on any atom is 0.132 e. The first-order valence-electron chi connectivity index (χ1n) is 6.58. The molecule has 0 saturated carbocycles. The van der Waals surface area contributed by atoms with E-state index in [4.69, 9.17) is 10.5 Å². The highest BCUT2D eigenvalue weighted by atomic mass is 16.5. The van der Waals surface area contributed by atoms with Gasteiger partial charge in [-0.2, -0.15) is 0 Å². The van der Waals surface area contributed by atoms with Crippen molar-refractivity contribution in [2.75, 3.05) is 12.3 Å². The molecule has 1 saturated heterocycles. The quantitative estimate of drug-likeness (QED) is 0.913. The highest BCUT2D eigenvalue weighted by molar-refractivity contribution is 5.70.